The lowest BCUT2D eigenvalue weighted by molar-refractivity contribution is 0.0240. The molecule has 1 aliphatic rings. The van der Waals surface area contributed by atoms with Crippen LogP contribution < -0.4 is 5.73 Å². The quantitative estimate of drug-likeness (QED) is 0.876. The Morgan fingerprint density at radius 3 is 2.94 bits per heavy atom. The zero-order chi connectivity index (χ0) is 12.4. The fourth-order valence-electron chi connectivity index (χ4n) is 2.47. The van der Waals surface area contributed by atoms with Crippen molar-refractivity contribution in [2.75, 3.05) is 6.61 Å². The van der Waals surface area contributed by atoms with E-state index >= 15 is 0 Å². The first-order valence-electron chi connectivity index (χ1n) is 6.21. The largest absolute Gasteiger partial charge is 0.371 e. The molecule has 0 aliphatic carbocycles. The van der Waals surface area contributed by atoms with Crippen molar-refractivity contribution in [1.29, 1.82) is 0 Å². The van der Waals surface area contributed by atoms with E-state index in [9.17, 15) is 0 Å². The van der Waals surface area contributed by atoms with Crippen LogP contribution in [0.2, 0.25) is 0 Å². The van der Waals surface area contributed by atoms with Gasteiger partial charge in [-0.05, 0) is 29.2 Å². The van der Waals surface area contributed by atoms with Crippen molar-refractivity contribution in [3.63, 3.8) is 0 Å². The smallest absolute Gasteiger partial charge is 0.102 e. The monoisotopic (exact) mass is 240 g/mol. The molecule has 0 radical (unpaired) electrons. The van der Waals surface area contributed by atoms with Gasteiger partial charge in [-0.15, -0.1) is 0 Å². The molecule has 18 heavy (non-hydrogen) atoms. The second-order valence-electron chi connectivity index (χ2n) is 4.55. The molecule has 2 aromatic rings. The summed E-state index contributed by atoms with van der Waals surface area (Å²) < 4.78 is 5.87. The second kappa shape index (κ2) is 4.88. The Morgan fingerprint density at radius 1 is 1.22 bits per heavy atom. The molecule has 1 aromatic heterocycles. The predicted octanol–water partition coefficient (Wildman–Crippen LogP) is 2.40. The molecule has 0 saturated carbocycles. The molecule has 0 spiro atoms. The van der Waals surface area contributed by atoms with Gasteiger partial charge < -0.3 is 10.5 Å². The fourth-order valence-corrected chi connectivity index (χ4v) is 2.47. The third kappa shape index (κ3) is 2.03. The summed E-state index contributed by atoms with van der Waals surface area (Å²) in [5.41, 5.74) is 9.88. The van der Waals surface area contributed by atoms with Gasteiger partial charge in [-0.2, -0.15) is 0 Å². The molecule has 92 valence electrons. The molecule has 2 atom stereocenters. The standard InChI is InChI=1S/C15H16N2O/c16-14(12-5-3-8-17-10-12)15-13-6-2-1-4-11(13)7-9-18-15/h1-6,8,10,14-15H,7,9,16H2. The highest BCUT2D eigenvalue weighted by atomic mass is 16.5. The van der Waals surface area contributed by atoms with Crippen LogP contribution in [0, 0.1) is 0 Å². The van der Waals surface area contributed by atoms with Crippen molar-refractivity contribution in [1.82, 2.24) is 4.98 Å². The van der Waals surface area contributed by atoms with Gasteiger partial charge in [0.1, 0.15) is 6.10 Å². The normalized spacial score (nSPS) is 20.2. The van der Waals surface area contributed by atoms with Gasteiger partial charge in [0.25, 0.3) is 0 Å². The lowest BCUT2D eigenvalue weighted by atomic mass is 9.91. The van der Waals surface area contributed by atoms with Crippen molar-refractivity contribution in [2.45, 2.75) is 18.6 Å². The molecule has 2 unspecified atom stereocenters. The summed E-state index contributed by atoms with van der Waals surface area (Å²) in [4.78, 5) is 4.12. The van der Waals surface area contributed by atoms with Gasteiger partial charge in [-0.1, -0.05) is 30.3 Å². The summed E-state index contributed by atoms with van der Waals surface area (Å²) in [5.74, 6) is 0. The van der Waals surface area contributed by atoms with E-state index in [-0.39, 0.29) is 12.1 Å². The number of rotatable bonds is 2. The van der Waals surface area contributed by atoms with E-state index in [0.717, 1.165) is 18.6 Å². The van der Waals surface area contributed by atoms with Crippen LogP contribution >= 0.6 is 0 Å². The Labute approximate surface area is 107 Å². The molecule has 3 heteroatoms. The fraction of sp³-hybridized carbons (Fsp3) is 0.267. The SMILES string of the molecule is NC(c1cccnc1)C1OCCc2ccccc21. The minimum absolute atomic E-state index is 0.0702. The predicted molar refractivity (Wildman–Crippen MR) is 70.0 cm³/mol. The Morgan fingerprint density at radius 2 is 2.11 bits per heavy atom. The Balaban J connectivity index is 1.94. The molecule has 2 heterocycles. The van der Waals surface area contributed by atoms with Crippen LogP contribution in [-0.2, 0) is 11.2 Å². The van der Waals surface area contributed by atoms with Gasteiger partial charge in [-0.3, -0.25) is 4.98 Å². The summed E-state index contributed by atoms with van der Waals surface area (Å²) in [6.45, 7) is 0.732. The first-order valence-corrected chi connectivity index (χ1v) is 6.21. The topological polar surface area (TPSA) is 48.1 Å². The summed E-state index contributed by atoms with van der Waals surface area (Å²) >= 11 is 0. The zero-order valence-corrected chi connectivity index (χ0v) is 10.1. The number of benzene rings is 1. The van der Waals surface area contributed by atoms with Crippen LogP contribution in [0.15, 0.2) is 48.8 Å². The molecule has 2 N–H and O–H groups in total. The van der Waals surface area contributed by atoms with E-state index in [4.69, 9.17) is 10.5 Å². The third-order valence-corrected chi connectivity index (χ3v) is 3.43. The molecule has 3 nitrogen and oxygen atoms in total. The first-order chi connectivity index (χ1) is 8.86. The lowest BCUT2D eigenvalue weighted by Gasteiger charge is -2.30. The number of fused-ring (bicyclic) bond motifs is 1. The maximum absolute atomic E-state index is 6.32. The molecule has 0 saturated heterocycles. The van der Waals surface area contributed by atoms with Gasteiger partial charge in [0.15, 0.2) is 0 Å². The van der Waals surface area contributed by atoms with E-state index in [2.05, 4.69) is 23.2 Å². The van der Waals surface area contributed by atoms with Crippen molar-refractivity contribution < 1.29 is 4.74 Å². The van der Waals surface area contributed by atoms with Crippen LogP contribution in [0.4, 0.5) is 0 Å². The van der Waals surface area contributed by atoms with Gasteiger partial charge in [0, 0.05) is 12.4 Å². The van der Waals surface area contributed by atoms with E-state index in [0.29, 0.717) is 0 Å². The number of ether oxygens (including phenoxy) is 1. The summed E-state index contributed by atoms with van der Waals surface area (Å²) in [6.07, 6.45) is 4.46. The second-order valence-corrected chi connectivity index (χ2v) is 4.55. The highest BCUT2D eigenvalue weighted by Crippen LogP contribution is 2.35. The van der Waals surface area contributed by atoms with Crippen LogP contribution in [-0.4, -0.2) is 11.6 Å². The van der Waals surface area contributed by atoms with Crippen molar-refractivity contribution in [3.8, 4) is 0 Å². The molecule has 1 aliphatic heterocycles. The van der Waals surface area contributed by atoms with E-state index in [1.165, 1.54) is 11.1 Å². The summed E-state index contributed by atoms with van der Waals surface area (Å²) in [7, 11) is 0. The molecule has 0 amide bonds. The molecular formula is C15H16N2O. The average Bonchev–Trinajstić information content (AvgIpc) is 2.47. The Hall–Kier alpha value is -1.71. The molecule has 0 bridgehead atoms. The molecule has 1 aromatic carbocycles. The minimum atomic E-state index is -0.167. The number of nitrogens with two attached hydrogens (primary N) is 1. The van der Waals surface area contributed by atoms with Crippen LogP contribution in [0.5, 0.6) is 0 Å². The van der Waals surface area contributed by atoms with Crippen LogP contribution in [0.1, 0.15) is 28.8 Å². The van der Waals surface area contributed by atoms with Crippen molar-refractivity contribution in [3.05, 3.63) is 65.5 Å². The maximum Gasteiger partial charge on any atom is 0.102 e. The van der Waals surface area contributed by atoms with Crippen LogP contribution in [0.25, 0.3) is 0 Å². The van der Waals surface area contributed by atoms with Gasteiger partial charge >= 0.3 is 0 Å². The zero-order valence-electron chi connectivity index (χ0n) is 10.1. The van der Waals surface area contributed by atoms with Gasteiger partial charge in [-0.25, -0.2) is 0 Å². The highest BCUT2D eigenvalue weighted by molar-refractivity contribution is 5.33. The number of hydrogen-bond acceptors (Lipinski definition) is 3. The molecular weight excluding hydrogens is 224 g/mol. The van der Waals surface area contributed by atoms with Gasteiger partial charge in [0.05, 0.1) is 12.6 Å². The maximum atomic E-state index is 6.32. The van der Waals surface area contributed by atoms with Gasteiger partial charge in [0.2, 0.25) is 0 Å². The van der Waals surface area contributed by atoms with Crippen LogP contribution in [0.3, 0.4) is 0 Å². The Bertz CT molecular complexity index is 527. The van der Waals surface area contributed by atoms with E-state index in [1.807, 2.05) is 24.4 Å². The summed E-state index contributed by atoms with van der Waals surface area (Å²) in [5, 5.41) is 0. The number of aromatic nitrogens is 1. The Kier molecular flexibility index (Phi) is 3.09. The molecule has 3 rings (SSSR count). The van der Waals surface area contributed by atoms with Crippen molar-refractivity contribution in [2.24, 2.45) is 5.73 Å². The summed E-state index contributed by atoms with van der Waals surface area (Å²) in [6, 6.07) is 12.1. The van der Waals surface area contributed by atoms with E-state index < -0.39 is 0 Å². The van der Waals surface area contributed by atoms with E-state index in [1.54, 1.807) is 6.20 Å². The highest BCUT2D eigenvalue weighted by Gasteiger charge is 2.27. The number of nitrogens with zero attached hydrogens (tertiary/aromatic N) is 1. The number of pyridine rings is 1. The number of hydrogen-bond donors (Lipinski definition) is 1. The molecule has 0 fully saturated rings. The minimum Gasteiger partial charge on any atom is -0.371 e. The average molecular weight is 240 g/mol. The lowest BCUT2D eigenvalue weighted by Crippen LogP contribution is -2.27. The first kappa shape index (κ1) is 11.4. The van der Waals surface area contributed by atoms with Crippen molar-refractivity contribution >= 4 is 0 Å². The third-order valence-electron chi connectivity index (χ3n) is 3.43.